The molecule has 5 heteroatoms. The van der Waals surface area contributed by atoms with Crippen LogP contribution in [0, 0.1) is 0 Å². The third kappa shape index (κ3) is 4.29. The number of pyridine rings is 1. The van der Waals surface area contributed by atoms with E-state index in [1.54, 1.807) is 6.20 Å². The van der Waals surface area contributed by atoms with Crippen molar-refractivity contribution in [3.8, 4) is 0 Å². The van der Waals surface area contributed by atoms with E-state index in [0.29, 0.717) is 23.6 Å². The molecule has 3 fully saturated rings. The lowest BCUT2D eigenvalue weighted by Gasteiger charge is -2.38. The smallest absolute Gasteiger partial charge is 0.117 e. The van der Waals surface area contributed by atoms with Gasteiger partial charge in [0.1, 0.15) is 5.76 Å². The molecule has 0 bridgehead atoms. The van der Waals surface area contributed by atoms with Crippen LogP contribution >= 0.6 is 0 Å². The Morgan fingerprint density at radius 2 is 2.00 bits per heavy atom. The zero-order valence-electron chi connectivity index (χ0n) is 17.5. The van der Waals surface area contributed by atoms with Gasteiger partial charge in [-0.05, 0) is 43.4 Å². The van der Waals surface area contributed by atoms with E-state index >= 15 is 0 Å². The summed E-state index contributed by atoms with van der Waals surface area (Å²) in [5, 5.41) is 13.3. The van der Waals surface area contributed by atoms with Crippen LogP contribution in [0.2, 0.25) is 0 Å². The second-order valence-electron chi connectivity index (χ2n) is 9.18. The molecular formula is C25H31N3O2. The van der Waals surface area contributed by atoms with Crippen molar-refractivity contribution in [1.29, 1.82) is 0 Å². The molecule has 2 N–H and O–H groups in total. The first kappa shape index (κ1) is 19.7. The number of aromatic nitrogens is 1. The number of nitrogens with one attached hydrogen (secondary N) is 1. The van der Waals surface area contributed by atoms with E-state index in [4.69, 9.17) is 4.74 Å². The van der Waals surface area contributed by atoms with Gasteiger partial charge in [-0.25, -0.2) is 0 Å². The van der Waals surface area contributed by atoms with E-state index < -0.39 is 0 Å². The number of benzene rings is 1. The van der Waals surface area contributed by atoms with E-state index in [1.165, 1.54) is 12.0 Å². The van der Waals surface area contributed by atoms with Gasteiger partial charge in [0.15, 0.2) is 0 Å². The van der Waals surface area contributed by atoms with Gasteiger partial charge in [-0.15, -0.1) is 0 Å². The lowest BCUT2D eigenvalue weighted by atomic mass is 9.87. The Hall–Kier alpha value is -2.21. The van der Waals surface area contributed by atoms with Gasteiger partial charge in [-0.1, -0.05) is 36.9 Å². The first-order chi connectivity index (χ1) is 14.6. The van der Waals surface area contributed by atoms with Gasteiger partial charge in [0.25, 0.3) is 0 Å². The third-order valence-electron chi connectivity index (χ3n) is 6.99. The molecule has 0 radical (unpaired) electrons. The fourth-order valence-corrected chi connectivity index (χ4v) is 5.09. The zero-order chi connectivity index (χ0) is 20.6. The van der Waals surface area contributed by atoms with Crippen LogP contribution in [-0.4, -0.2) is 52.4 Å². The maximum absolute atomic E-state index is 9.44. The van der Waals surface area contributed by atoms with Crippen molar-refractivity contribution < 1.29 is 9.84 Å². The van der Waals surface area contributed by atoms with Crippen LogP contribution in [0.1, 0.15) is 48.4 Å². The number of ether oxygens (including phenoxy) is 1. The first-order valence-electron chi connectivity index (χ1n) is 11.1. The summed E-state index contributed by atoms with van der Waals surface area (Å²) in [7, 11) is 0. The molecule has 0 amide bonds. The quantitative estimate of drug-likeness (QED) is 0.715. The lowest BCUT2D eigenvalue weighted by molar-refractivity contribution is -0.0451. The number of rotatable bonds is 6. The van der Waals surface area contributed by atoms with Gasteiger partial charge < -0.3 is 15.2 Å². The predicted molar refractivity (Wildman–Crippen MR) is 118 cm³/mol. The highest BCUT2D eigenvalue weighted by atomic mass is 16.5. The normalized spacial score (nSPS) is 27.9. The van der Waals surface area contributed by atoms with Crippen LogP contribution in [0.3, 0.4) is 0 Å². The number of nitrogens with zero attached hydrogens (tertiary/aromatic N) is 2. The molecule has 1 unspecified atom stereocenters. The predicted octanol–water partition coefficient (Wildman–Crippen LogP) is 3.88. The van der Waals surface area contributed by atoms with E-state index in [2.05, 4.69) is 52.1 Å². The summed E-state index contributed by atoms with van der Waals surface area (Å²) in [6.45, 7) is 7.31. The van der Waals surface area contributed by atoms with Crippen LogP contribution in [0.4, 0.5) is 0 Å². The van der Waals surface area contributed by atoms with E-state index in [1.807, 2.05) is 12.1 Å². The summed E-state index contributed by atoms with van der Waals surface area (Å²) >= 11 is 0. The van der Waals surface area contributed by atoms with Crippen molar-refractivity contribution in [2.75, 3.05) is 19.7 Å². The highest BCUT2D eigenvalue weighted by Gasteiger charge is 2.46. The van der Waals surface area contributed by atoms with Crippen LogP contribution in [0.5, 0.6) is 0 Å². The SMILES string of the molecule is C=C(O)c1ccc(CN2CCC3(CC2)CC(N[C@@H]2C[C@H]2c2ccccc2)CO3)nc1. The molecule has 30 heavy (non-hydrogen) atoms. The highest BCUT2D eigenvalue weighted by Crippen LogP contribution is 2.43. The minimum atomic E-state index is 0.0528. The van der Waals surface area contributed by atoms with E-state index in [-0.39, 0.29) is 11.4 Å². The van der Waals surface area contributed by atoms with Crippen molar-refractivity contribution in [1.82, 2.24) is 15.2 Å². The molecule has 3 heterocycles. The summed E-state index contributed by atoms with van der Waals surface area (Å²) < 4.78 is 6.36. The van der Waals surface area contributed by atoms with Gasteiger partial charge in [0, 0.05) is 49.4 Å². The number of likely N-dealkylation sites (tertiary alicyclic amines) is 1. The number of aliphatic hydroxyl groups excluding tert-OH is 1. The molecule has 1 aromatic heterocycles. The molecule has 1 spiro atoms. The summed E-state index contributed by atoms with van der Waals surface area (Å²) in [5.41, 5.74) is 3.22. The van der Waals surface area contributed by atoms with Gasteiger partial charge in [-0.2, -0.15) is 0 Å². The van der Waals surface area contributed by atoms with Crippen LogP contribution < -0.4 is 5.32 Å². The molecule has 158 valence electrons. The molecule has 2 aromatic rings. The fourth-order valence-electron chi connectivity index (χ4n) is 5.09. The summed E-state index contributed by atoms with van der Waals surface area (Å²) in [5.74, 6) is 0.739. The number of aliphatic hydroxyl groups is 1. The Balaban J connectivity index is 1.09. The Bertz CT molecular complexity index is 875. The standard InChI is InChI=1S/C25H31N3O2/c1-18(29)20-7-8-21(26-15-20)16-28-11-9-25(10-12-28)14-22(17-30-25)27-24-13-23(24)19-5-3-2-4-6-19/h2-8,15,22-24,27,29H,1,9-14,16-17H2/t22?,23-,24+/m0/s1. The Labute approximate surface area is 178 Å². The van der Waals surface area contributed by atoms with Gasteiger partial charge in [0.2, 0.25) is 0 Å². The fraction of sp³-hybridized carbons (Fsp3) is 0.480. The lowest BCUT2D eigenvalue weighted by Crippen LogP contribution is -2.44. The number of hydrogen-bond donors (Lipinski definition) is 2. The molecule has 5 nitrogen and oxygen atoms in total. The summed E-state index contributed by atoms with van der Waals surface area (Å²) in [4.78, 5) is 6.92. The molecule has 3 atom stereocenters. The Kier molecular flexibility index (Phi) is 5.35. The molecule has 2 saturated heterocycles. The summed E-state index contributed by atoms with van der Waals surface area (Å²) in [6.07, 6.45) is 6.24. The zero-order valence-corrected chi connectivity index (χ0v) is 17.5. The molecule has 1 aliphatic carbocycles. The molecule has 1 aromatic carbocycles. The third-order valence-corrected chi connectivity index (χ3v) is 6.99. The van der Waals surface area contributed by atoms with Gasteiger partial charge >= 0.3 is 0 Å². The highest BCUT2D eigenvalue weighted by molar-refractivity contribution is 5.54. The van der Waals surface area contributed by atoms with Crippen LogP contribution in [0.15, 0.2) is 55.2 Å². The van der Waals surface area contributed by atoms with Crippen molar-refractivity contribution in [2.45, 2.75) is 55.8 Å². The average Bonchev–Trinajstić information content (AvgIpc) is 3.43. The number of hydrogen-bond acceptors (Lipinski definition) is 5. The van der Waals surface area contributed by atoms with Crippen molar-refractivity contribution in [3.63, 3.8) is 0 Å². The van der Waals surface area contributed by atoms with E-state index in [9.17, 15) is 5.11 Å². The molecule has 1 saturated carbocycles. The topological polar surface area (TPSA) is 57.6 Å². The Morgan fingerprint density at radius 3 is 2.70 bits per heavy atom. The van der Waals surface area contributed by atoms with Gasteiger partial charge in [-0.3, -0.25) is 9.88 Å². The van der Waals surface area contributed by atoms with Crippen LogP contribution in [-0.2, 0) is 11.3 Å². The monoisotopic (exact) mass is 405 g/mol. The second-order valence-corrected chi connectivity index (χ2v) is 9.18. The van der Waals surface area contributed by atoms with Crippen molar-refractivity contribution in [2.24, 2.45) is 0 Å². The second kappa shape index (κ2) is 8.14. The summed E-state index contributed by atoms with van der Waals surface area (Å²) in [6, 6.07) is 15.8. The Morgan fingerprint density at radius 1 is 1.20 bits per heavy atom. The molecule has 2 aliphatic heterocycles. The van der Waals surface area contributed by atoms with Crippen molar-refractivity contribution >= 4 is 5.76 Å². The maximum atomic E-state index is 9.44. The van der Waals surface area contributed by atoms with E-state index in [0.717, 1.165) is 51.2 Å². The minimum absolute atomic E-state index is 0.0528. The number of piperidine rings is 1. The minimum Gasteiger partial charge on any atom is -0.508 e. The molecular weight excluding hydrogens is 374 g/mol. The van der Waals surface area contributed by atoms with Crippen molar-refractivity contribution in [3.05, 3.63) is 72.1 Å². The van der Waals surface area contributed by atoms with Crippen LogP contribution in [0.25, 0.3) is 5.76 Å². The molecule has 5 rings (SSSR count). The largest absolute Gasteiger partial charge is 0.508 e. The molecule has 3 aliphatic rings. The first-order valence-corrected chi connectivity index (χ1v) is 11.1. The average molecular weight is 406 g/mol. The van der Waals surface area contributed by atoms with Gasteiger partial charge in [0.05, 0.1) is 17.9 Å². The maximum Gasteiger partial charge on any atom is 0.117 e.